The van der Waals surface area contributed by atoms with Crippen LogP contribution >= 0.6 is 0 Å². The molecule has 4 rings (SSSR count). The van der Waals surface area contributed by atoms with Gasteiger partial charge in [-0.1, -0.05) is 6.07 Å². The molecule has 0 unspecified atom stereocenters. The molecule has 6 N–H and O–H groups in total. The van der Waals surface area contributed by atoms with Gasteiger partial charge in [-0.3, -0.25) is 15.2 Å². The summed E-state index contributed by atoms with van der Waals surface area (Å²) in [6, 6.07) is 15.2. The summed E-state index contributed by atoms with van der Waals surface area (Å²) in [4.78, 5) is 24.4. The van der Waals surface area contributed by atoms with Gasteiger partial charge in [0.15, 0.2) is 23.1 Å². The topological polar surface area (TPSA) is 194 Å². The van der Waals surface area contributed by atoms with Crippen LogP contribution in [0.4, 0.5) is 5.69 Å². The molecule has 2 aromatic carbocycles. The Labute approximate surface area is 211 Å². The fraction of sp³-hybridized carbons (Fsp3) is 0.167. The molecule has 37 heavy (non-hydrogen) atoms. The zero-order chi connectivity index (χ0) is 26.9. The Kier molecular flexibility index (Phi) is 8.54. The minimum atomic E-state index is -0.833. The van der Waals surface area contributed by atoms with Crippen LogP contribution in [0, 0.1) is 5.41 Å². The van der Waals surface area contributed by atoms with Crippen LogP contribution in [0.3, 0.4) is 0 Å². The van der Waals surface area contributed by atoms with Gasteiger partial charge in [-0.25, -0.2) is 4.79 Å². The van der Waals surface area contributed by atoms with Gasteiger partial charge in [0.25, 0.3) is 5.97 Å². The summed E-state index contributed by atoms with van der Waals surface area (Å²) in [5, 5.41) is 30.6. The summed E-state index contributed by atoms with van der Waals surface area (Å²) >= 11 is 0. The van der Waals surface area contributed by atoms with Crippen LogP contribution in [0.25, 0.3) is 5.82 Å². The summed E-state index contributed by atoms with van der Waals surface area (Å²) in [7, 11) is 3.11. The summed E-state index contributed by atoms with van der Waals surface area (Å²) in [6.07, 6.45) is 1.51. The number of nitrogens with one attached hydrogen (secondary N) is 3. The molecule has 2 heterocycles. The lowest BCUT2D eigenvalue weighted by Crippen LogP contribution is -2.17. The first-order chi connectivity index (χ1) is 17.7. The average Bonchev–Trinajstić information content (AvgIpc) is 3.28. The minimum Gasteiger partial charge on any atom is -0.493 e. The number of aromatic nitrogens is 5. The molecule has 0 aliphatic carbocycles. The number of nitrogens with two attached hydrogens (primary N) is 1. The van der Waals surface area contributed by atoms with E-state index < -0.39 is 17.7 Å². The molecule has 4 aromatic rings. The van der Waals surface area contributed by atoms with Crippen molar-refractivity contribution in [2.75, 3.05) is 19.5 Å². The second-order valence-corrected chi connectivity index (χ2v) is 7.51. The number of carboxylic acids is 1. The van der Waals surface area contributed by atoms with E-state index in [0.717, 1.165) is 22.9 Å². The summed E-state index contributed by atoms with van der Waals surface area (Å²) in [6.45, 7) is 1.08. The lowest BCUT2D eigenvalue weighted by atomic mass is 10.0. The van der Waals surface area contributed by atoms with E-state index in [9.17, 15) is 4.79 Å². The lowest BCUT2D eigenvalue weighted by Gasteiger charge is -2.20. The Balaban J connectivity index is 0.000000886. The number of nitrogen functional groups attached to an aromatic ring is 1. The van der Waals surface area contributed by atoms with E-state index in [2.05, 4.69) is 25.6 Å². The maximum Gasteiger partial charge on any atom is 0.349 e. The first-order valence-electron chi connectivity index (χ1n) is 10.8. The standard InChI is InChI=1S/C22H22N8O3.C2H4O2/c1-32-16-10-7-14(12-17(16)33-2)19(26-15-8-5-13(6-9-15)20(23)24)21-27-22(31)30(29-21)18-4-3-11-25-28-18;1-2(3)4/h3-12,19,26H,1-2H3,(H3,23,24)(H,27,29,31);1H3,(H,3,4)/t19-;/m0./s1. The molecular weight excluding hydrogens is 480 g/mol. The van der Waals surface area contributed by atoms with Crippen molar-refractivity contribution in [1.29, 1.82) is 5.41 Å². The molecule has 0 bridgehead atoms. The van der Waals surface area contributed by atoms with E-state index in [1.165, 1.54) is 6.20 Å². The zero-order valence-corrected chi connectivity index (χ0v) is 20.3. The molecular formula is C24H26N8O5. The second kappa shape index (κ2) is 12.0. The van der Waals surface area contributed by atoms with Crippen LogP contribution in [0.1, 0.15) is 29.9 Å². The third-order valence-corrected chi connectivity index (χ3v) is 4.93. The molecule has 13 nitrogen and oxygen atoms in total. The first-order valence-corrected chi connectivity index (χ1v) is 10.8. The van der Waals surface area contributed by atoms with Crippen LogP contribution in [-0.2, 0) is 4.79 Å². The van der Waals surface area contributed by atoms with Crippen molar-refractivity contribution in [1.82, 2.24) is 25.0 Å². The molecule has 0 radical (unpaired) electrons. The van der Waals surface area contributed by atoms with Crippen molar-refractivity contribution in [3.8, 4) is 17.3 Å². The number of aromatic amines is 1. The number of ether oxygens (including phenoxy) is 2. The van der Waals surface area contributed by atoms with E-state index in [-0.39, 0.29) is 5.84 Å². The fourth-order valence-corrected chi connectivity index (χ4v) is 3.29. The van der Waals surface area contributed by atoms with Crippen molar-refractivity contribution in [2.45, 2.75) is 13.0 Å². The number of amidine groups is 1. The van der Waals surface area contributed by atoms with Gasteiger partial charge in [-0.05, 0) is 54.1 Å². The van der Waals surface area contributed by atoms with Crippen molar-refractivity contribution >= 4 is 17.5 Å². The van der Waals surface area contributed by atoms with E-state index >= 15 is 0 Å². The Morgan fingerprint density at radius 1 is 1.14 bits per heavy atom. The van der Waals surface area contributed by atoms with Crippen LogP contribution in [0.5, 0.6) is 11.5 Å². The number of hydrogen-bond acceptors (Lipinski definition) is 9. The van der Waals surface area contributed by atoms with E-state index in [0.29, 0.717) is 28.7 Å². The minimum absolute atomic E-state index is 0.0231. The van der Waals surface area contributed by atoms with Crippen LogP contribution in [0.2, 0.25) is 0 Å². The van der Waals surface area contributed by atoms with Crippen molar-refractivity contribution < 1.29 is 19.4 Å². The average molecular weight is 507 g/mol. The van der Waals surface area contributed by atoms with Gasteiger partial charge in [0.1, 0.15) is 11.9 Å². The molecule has 0 amide bonds. The van der Waals surface area contributed by atoms with Gasteiger partial charge in [-0.2, -0.15) is 9.78 Å². The Morgan fingerprint density at radius 3 is 2.38 bits per heavy atom. The summed E-state index contributed by atoms with van der Waals surface area (Å²) in [5.41, 5.74) is 7.20. The maximum atomic E-state index is 12.6. The third kappa shape index (κ3) is 6.69. The van der Waals surface area contributed by atoms with Crippen molar-refractivity contribution in [3.63, 3.8) is 0 Å². The number of carbonyl (C=O) groups is 1. The smallest absolute Gasteiger partial charge is 0.349 e. The first kappa shape index (κ1) is 26.4. The highest BCUT2D eigenvalue weighted by atomic mass is 16.5. The molecule has 2 aromatic heterocycles. The Hall–Kier alpha value is -5.20. The number of nitrogens with zero attached hydrogens (tertiary/aromatic N) is 4. The molecule has 0 saturated carbocycles. The normalized spacial score (nSPS) is 11.0. The summed E-state index contributed by atoms with van der Waals surface area (Å²) in [5.74, 6) is 0.897. The SMILES string of the molecule is CC(=O)O.COc1ccc([C@H](Nc2ccc(C(=N)N)cc2)c2nn(-c3cccnn3)c(=O)[nH]2)cc1OC. The molecule has 192 valence electrons. The molecule has 0 spiro atoms. The number of hydrogen-bond donors (Lipinski definition) is 5. The Morgan fingerprint density at radius 2 is 1.81 bits per heavy atom. The fourth-order valence-electron chi connectivity index (χ4n) is 3.29. The number of H-pyrrole nitrogens is 1. The highest BCUT2D eigenvalue weighted by Gasteiger charge is 2.22. The number of rotatable bonds is 8. The van der Waals surface area contributed by atoms with Gasteiger partial charge >= 0.3 is 5.69 Å². The lowest BCUT2D eigenvalue weighted by molar-refractivity contribution is -0.134. The van der Waals surface area contributed by atoms with Gasteiger partial charge in [-0.15, -0.1) is 10.2 Å². The van der Waals surface area contributed by atoms with Gasteiger partial charge < -0.3 is 25.6 Å². The molecule has 1 atom stereocenters. The molecule has 0 fully saturated rings. The van der Waals surface area contributed by atoms with Crippen LogP contribution in [0.15, 0.2) is 65.6 Å². The van der Waals surface area contributed by atoms with E-state index in [1.807, 2.05) is 6.07 Å². The Bertz CT molecular complexity index is 1410. The number of methoxy groups -OCH3 is 2. The number of benzene rings is 2. The van der Waals surface area contributed by atoms with Crippen LogP contribution < -0.4 is 26.2 Å². The molecule has 0 aliphatic heterocycles. The summed E-state index contributed by atoms with van der Waals surface area (Å²) < 4.78 is 11.9. The monoisotopic (exact) mass is 506 g/mol. The number of anilines is 1. The van der Waals surface area contributed by atoms with E-state index in [4.69, 9.17) is 30.5 Å². The van der Waals surface area contributed by atoms with Gasteiger partial charge in [0.2, 0.25) is 0 Å². The maximum absolute atomic E-state index is 12.6. The van der Waals surface area contributed by atoms with Crippen LogP contribution in [-0.4, -0.2) is 56.1 Å². The zero-order valence-electron chi connectivity index (χ0n) is 20.3. The molecule has 0 saturated heterocycles. The quantitative estimate of drug-likeness (QED) is 0.174. The third-order valence-electron chi connectivity index (χ3n) is 4.93. The number of carboxylic acid groups (broad SMARTS) is 1. The van der Waals surface area contributed by atoms with E-state index in [1.54, 1.807) is 62.8 Å². The highest BCUT2D eigenvalue weighted by molar-refractivity contribution is 5.95. The van der Waals surface area contributed by atoms with Gasteiger partial charge in [0.05, 0.1) is 14.2 Å². The largest absolute Gasteiger partial charge is 0.493 e. The van der Waals surface area contributed by atoms with Gasteiger partial charge in [0, 0.05) is 24.4 Å². The predicted molar refractivity (Wildman–Crippen MR) is 136 cm³/mol. The molecule has 13 heteroatoms. The number of aliphatic carboxylic acids is 1. The van der Waals surface area contributed by atoms with Crippen molar-refractivity contribution in [3.05, 3.63) is 88.2 Å². The molecule has 0 aliphatic rings. The highest BCUT2D eigenvalue weighted by Crippen LogP contribution is 2.33. The second-order valence-electron chi connectivity index (χ2n) is 7.51. The predicted octanol–water partition coefficient (Wildman–Crippen LogP) is 1.94. The van der Waals surface area contributed by atoms with Crippen molar-refractivity contribution in [2.24, 2.45) is 5.73 Å².